The fourth-order valence-electron chi connectivity index (χ4n) is 14.3. The second-order valence-corrected chi connectivity index (χ2v) is 26.9. The van der Waals surface area contributed by atoms with Crippen molar-refractivity contribution in [3.05, 3.63) is 455 Å². The molecule has 0 fully saturated rings. The Kier molecular flexibility index (Phi) is 20.0. The maximum absolute atomic E-state index is 3.55. The Bertz CT molecular complexity index is 5370. The summed E-state index contributed by atoms with van der Waals surface area (Å²) in [5, 5.41) is 10.6. The maximum Gasteiger partial charge on any atom is 0.0463 e. The average molecular weight is 1420 g/mol. The van der Waals surface area contributed by atoms with Crippen LogP contribution in [0.5, 0.6) is 0 Å². The summed E-state index contributed by atoms with van der Waals surface area (Å²) in [5.74, 6) is 0. The van der Waals surface area contributed by atoms with Gasteiger partial charge < -0.3 is 40.4 Å². The van der Waals surface area contributed by atoms with Gasteiger partial charge in [-0.3, -0.25) is 0 Å². The number of para-hydroxylation sites is 7. The molecule has 0 aliphatic rings. The zero-order valence-electron chi connectivity index (χ0n) is 60.5. The van der Waals surface area contributed by atoms with E-state index in [0.717, 1.165) is 153 Å². The van der Waals surface area contributed by atoms with Crippen molar-refractivity contribution in [1.82, 2.24) is 0 Å². The fourth-order valence-corrected chi connectivity index (χ4v) is 14.3. The standard InChI is InChI=1S/C102H78N8/c1-8-22-82(23-9-1)103-85-48-36-76(37-49-85)79-42-54-92(55-43-79)108(97-64-60-95(61-65-97)106(88-28-14-4-15-29-88)89-30-16-5-17-31-89)99-68-72-101(73-69-99)110(94-58-46-81(47-59-94)78-40-52-87(53-41-78)105-84-26-12-3-13-27-84)102-74-70-100(71-75-102)109(93-56-44-80(45-57-93)77-38-50-86(51-39-77)104-83-24-10-2-11-25-83)98-66-62-96(63-67-98)107(90-32-18-6-19-33-90)91-34-20-7-21-35-91/h1-75,103-105H. The van der Waals surface area contributed by atoms with Crippen LogP contribution < -0.4 is 40.4 Å². The molecule has 110 heavy (non-hydrogen) atoms. The van der Waals surface area contributed by atoms with E-state index < -0.39 is 0 Å². The lowest BCUT2D eigenvalue weighted by Gasteiger charge is -2.30. The average Bonchev–Trinajstić information content (AvgIpc) is 0.782. The molecule has 17 rings (SSSR count). The molecule has 3 N–H and O–H groups in total. The third-order valence-electron chi connectivity index (χ3n) is 19.7. The van der Waals surface area contributed by atoms with Crippen LogP contribution in [-0.4, -0.2) is 0 Å². The minimum atomic E-state index is 0.996. The van der Waals surface area contributed by atoms with Gasteiger partial charge in [-0.05, 0) is 288 Å². The molecule has 0 saturated carbocycles. The maximum atomic E-state index is 3.55. The second-order valence-electron chi connectivity index (χ2n) is 26.9. The SMILES string of the molecule is c1ccc(Nc2ccc(-c3ccc(N(c4ccc(N(c5ccccc5)c5ccccc5)cc4)c4ccc(N(c5ccc(-c6ccc(Nc7ccccc7)cc6)cc5)c5ccc(N(c6ccc(-c7ccc(Nc8ccccc8)cc7)cc6)c6ccc(N(c7ccccc7)c7ccccc7)cc6)cc5)cc4)cc3)cc2)cc1. The predicted molar refractivity (Wildman–Crippen MR) is 465 cm³/mol. The first-order valence-electron chi connectivity index (χ1n) is 37.2. The van der Waals surface area contributed by atoms with Gasteiger partial charge in [-0.2, -0.15) is 0 Å². The number of rotatable bonds is 24. The van der Waals surface area contributed by atoms with Crippen molar-refractivity contribution in [2.24, 2.45) is 0 Å². The highest BCUT2D eigenvalue weighted by molar-refractivity contribution is 5.88. The van der Waals surface area contributed by atoms with Crippen LogP contribution in [0.1, 0.15) is 0 Å². The van der Waals surface area contributed by atoms with E-state index in [-0.39, 0.29) is 0 Å². The third-order valence-corrected chi connectivity index (χ3v) is 19.7. The van der Waals surface area contributed by atoms with Gasteiger partial charge >= 0.3 is 0 Å². The summed E-state index contributed by atoms with van der Waals surface area (Å²) >= 11 is 0. The zero-order valence-corrected chi connectivity index (χ0v) is 60.5. The Labute approximate surface area is 644 Å². The van der Waals surface area contributed by atoms with E-state index in [9.17, 15) is 0 Å². The van der Waals surface area contributed by atoms with Gasteiger partial charge in [0, 0.05) is 119 Å². The van der Waals surface area contributed by atoms with Gasteiger partial charge in [0.2, 0.25) is 0 Å². The van der Waals surface area contributed by atoms with Gasteiger partial charge in [0.05, 0.1) is 0 Å². The summed E-state index contributed by atoms with van der Waals surface area (Å²) in [6.45, 7) is 0. The van der Waals surface area contributed by atoms with Crippen LogP contribution in [0.15, 0.2) is 455 Å². The van der Waals surface area contributed by atoms with Crippen molar-refractivity contribution in [3.8, 4) is 33.4 Å². The molecule has 0 radical (unpaired) electrons. The van der Waals surface area contributed by atoms with E-state index in [1.54, 1.807) is 0 Å². The molecule has 0 aliphatic carbocycles. The van der Waals surface area contributed by atoms with Crippen molar-refractivity contribution < 1.29 is 0 Å². The van der Waals surface area contributed by atoms with Gasteiger partial charge in [-0.1, -0.05) is 200 Å². The highest BCUT2D eigenvalue weighted by Gasteiger charge is 2.22. The van der Waals surface area contributed by atoms with Crippen molar-refractivity contribution in [1.29, 1.82) is 0 Å². The van der Waals surface area contributed by atoms with Gasteiger partial charge in [-0.15, -0.1) is 0 Å². The quantitative estimate of drug-likeness (QED) is 0.0553. The summed E-state index contributed by atoms with van der Waals surface area (Å²) in [7, 11) is 0. The minimum Gasteiger partial charge on any atom is -0.356 e. The van der Waals surface area contributed by atoms with Crippen molar-refractivity contribution in [2.75, 3.05) is 40.4 Å². The number of anilines is 21. The molecular formula is C102H78N8. The first-order valence-corrected chi connectivity index (χ1v) is 37.2. The number of hydrogen-bond acceptors (Lipinski definition) is 8. The molecule has 0 aromatic heterocycles. The van der Waals surface area contributed by atoms with Crippen molar-refractivity contribution in [2.45, 2.75) is 0 Å². The molecule has 8 heteroatoms. The molecule has 17 aromatic rings. The van der Waals surface area contributed by atoms with Crippen LogP contribution in [0.4, 0.5) is 119 Å². The van der Waals surface area contributed by atoms with Crippen molar-refractivity contribution >= 4 is 119 Å². The lowest BCUT2D eigenvalue weighted by atomic mass is 10.0. The van der Waals surface area contributed by atoms with Crippen LogP contribution in [0.2, 0.25) is 0 Å². The molecule has 0 heterocycles. The van der Waals surface area contributed by atoms with E-state index in [4.69, 9.17) is 0 Å². The van der Waals surface area contributed by atoms with Crippen LogP contribution >= 0.6 is 0 Å². The molecule has 0 aliphatic heterocycles. The molecule has 0 bridgehead atoms. The first kappa shape index (κ1) is 68.3. The molecule has 0 amide bonds. The number of nitrogens with zero attached hydrogens (tertiary/aromatic N) is 5. The third kappa shape index (κ3) is 15.6. The predicted octanol–water partition coefficient (Wildman–Crippen LogP) is 29.3. The molecule has 0 atom stereocenters. The normalized spacial score (nSPS) is 10.9. The number of nitrogens with one attached hydrogen (secondary N) is 3. The summed E-state index contributed by atoms with van der Waals surface area (Å²) in [5.41, 5.74) is 28.5. The smallest absolute Gasteiger partial charge is 0.0463 e. The van der Waals surface area contributed by atoms with Gasteiger partial charge in [-0.25, -0.2) is 0 Å². The van der Waals surface area contributed by atoms with Gasteiger partial charge in [0.1, 0.15) is 0 Å². The van der Waals surface area contributed by atoms with Crippen LogP contribution in [0.25, 0.3) is 33.4 Å². The lowest BCUT2D eigenvalue weighted by Crippen LogP contribution is -2.14. The first-order chi connectivity index (χ1) is 54.5. The Morgan fingerprint density at radius 2 is 0.209 bits per heavy atom. The Balaban J connectivity index is 0.736. The summed E-state index contributed by atoms with van der Waals surface area (Å²) in [6, 6.07) is 162. The summed E-state index contributed by atoms with van der Waals surface area (Å²) < 4.78 is 0. The Morgan fingerprint density at radius 3 is 0.364 bits per heavy atom. The number of benzene rings is 17. The fraction of sp³-hybridized carbons (Fsp3) is 0. The largest absolute Gasteiger partial charge is 0.356 e. The van der Waals surface area contributed by atoms with E-state index in [1.807, 2.05) is 54.6 Å². The summed E-state index contributed by atoms with van der Waals surface area (Å²) in [4.78, 5) is 11.7. The minimum absolute atomic E-state index is 0.996. The van der Waals surface area contributed by atoms with E-state index in [0.29, 0.717) is 0 Å². The van der Waals surface area contributed by atoms with E-state index in [2.05, 4.69) is 441 Å². The van der Waals surface area contributed by atoms with E-state index >= 15 is 0 Å². The zero-order chi connectivity index (χ0) is 73.6. The van der Waals surface area contributed by atoms with Gasteiger partial charge in [0.15, 0.2) is 0 Å². The van der Waals surface area contributed by atoms with Crippen molar-refractivity contribution in [3.63, 3.8) is 0 Å². The lowest BCUT2D eigenvalue weighted by molar-refractivity contribution is 1.24. The molecule has 0 saturated heterocycles. The second kappa shape index (κ2) is 32.2. The monoisotopic (exact) mass is 1410 g/mol. The van der Waals surface area contributed by atoms with Crippen LogP contribution in [-0.2, 0) is 0 Å². The summed E-state index contributed by atoms with van der Waals surface area (Å²) in [6.07, 6.45) is 0. The Hall–Kier alpha value is -14.9. The Morgan fingerprint density at radius 1 is 0.100 bits per heavy atom. The van der Waals surface area contributed by atoms with Crippen LogP contribution in [0, 0.1) is 0 Å². The van der Waals surface area contributed by atoms with Gasteiger partial charge in [0.25, 0.3) is 0 Å². The molecule has 0 spiro atoms. The molecule has 0 unspecified atom stereocenters. The molecule has 8 nitrogen and oxygen atoms in total. The number of hydrogen-bond donors (Lipinski definition) is 3. The molecule has 526 valence electrons. The molecule has 17 aromatic carbocycles. The highest BCUT2D eigenvalue weighted by Crippen LogP contribution is 2.46. The van der Waals surface area contributed by atoms with E-state index in [1.165, 1.54) is 0 Å². The topological polar surface area (TPSA) is 52.3 Å². The highest BCUT2D eigenvalue weighted by atomic mass is 15.2. The van der Waals surface area contributed by atoms with Crippen LogP contribution in [0.3, 0.4) is 0 Å². The molecular weight excluding hydrogens is 1340 g/mol.